The van der Waals surface area contributed by atoms with Crippen LogP contribution in [0.5, 0.6) is 0 Å². The second-order valence-electron chi connectivity index (χ2n) is 11.8. The minimum Gasteiger partial charge on any atom is -0.374 e. The number of hydrogen-bond acceptors (Lipinski definition) is 5. The number of fused-ring (bicyclic) bond motifs is 1. The highest BCUT2D eigenvalue weighted by Gasteiger charge is 2.45. The maximum absolute atomic E-state index is 6.49. The van der Waals surface area contributed by atoms with Crippen molar-refractivity contribution in [3.05, 3.63) is 66.8 Å². The van der Waals surface area contributed by atoms with Crippen LogP contribution in [0.4, 0.5) is 5.95 Å². The number of allylic oxidation sites excluding steroid dienone is 1. The fourth-order valence-electron chi connectivity index (χ4n) is 5.84. The third-order valence-corrected chi connectivity index (χ3v) is 7.82. The van der Waals surface area contributed by atoms with Gasteiger partial charge in [0.15, 0.2) is 0 Å². The SMILES string of the molecule is [B]C(C)(C)Cc1nc(NC2CCC3(CC2)CN(C(=C)C)C3)nn2ccc(-c3ccc(=NC=C)n(C)c3)c12. The van der Waals surface area contributed by atoms with Crippen LogP contribution in [0.2, 0.25) is 5.31 Å². The molecule has 0 aromatic carbocycles. The first kappa shape index (κ1) is 25.4. The fourth-order valence-corrected chi connectivity index (χ4v) is 5.84. The summed E-state index contributed by atoms with van der Waals surface area (Å²) in [7, 11) is 8.47. The Morgan fingerprint density at radius 2 is 2.00 bits per heavy atom. The zero-order valence-corrected chi connectivity index (χ0v) is 22.7. The molecule has 1 saturated heterocycles. The Morgan fingerprint density at radius 3 is 2.62 bits per heavy atom. The number of rotatable bonds is 7. The lowest BCUT2D eigenvalue weighted by Gasteiger charge is -2.54. The largest absolute Gasteiger partial charge is 0.374 e. The first-order valence-electron chi connectivity index (χ1n) is 13.2. The molecule has 1 saturated carbocycles. The van der Waals surface area contributed by atoms with Crippen LogP contribution >= 0.6 is 0 Å². The third-order valence-electron chi connectivity index (χ3n) is 7.82. The van der Waals surface area contributed by atoms with Crippen molar-refractivity contribution in [3.8, 4) is 11.1 Å². The molecule has 3 aromatic rings. The molecule has 2 aliphatic rings. The monoisotopic (exact) mass is 495 g/mol. The molecule has 0 unspecified atom stereocenters. The summed E-state index contributed by atoms with van der Waals surface area (Å²) in [5.41, 5.74) is 6.61. The summed E-state index contributed by atoms with van der Waals surface area (Å²) >= 11 is 0. The van der Waals surface area contributed by atoms with Gasteiger partial charge in [-0.2, -0.15) is 0 Å². The molecule has 8 heteroatoms. The van der Waals surface area contributed by atoms with Gasteiger partial charge in [-0.15, -0.1) is 5.10 Å². The molecule has 1 spiro atoms. The summed E-state index contributed by atoms with van der Waals surface area (Å²) in [6, 6.07) is 6.57. The minimum atomic E-state index is -0.401. The lowest BCUT2D eigenvalue weighted by atomic mass is 9.67. The van der Waals surface area contributed by atoms with E-state index in [4.69, 9.17) is 17.9 Å². The van der Waals surface area contributed by atoms with E-state index in [0.717, 1.165) is 53.8 Å². The van der Waals surface area contributed by atoms with E-state index >= 15 is 0 Å². The molecule has 2 fully saturated rings. The Bertz CT molecular complexity index is 1390. The lowest BCUT2D eigenvalue weighted by Crippen LogP contribution is -2.57. The molecule has 37 heavy (non-hydrogen) atoms. The predicted molar refractivity (Wildman–Crippen MR) is 151 cm³/mol. The molecular weight excluding hydrogens is 457 g/mol. The molecule has 0 bridgehead atoms. The van der Waals surface area contributed by atoms with Gasteiger partial charge in [-0.3, -0.25) is 0 Å². The molecule has 0 atom stereocenters. The van der Waals surface area contributed by atoms with Crippen molar-refractivity contribution < 1.29 is 0 Å². The highest BCUT2D eigenvalue weighted by Crippen LogP contribution is 2.45. The van der Waals surface area contributed by atoms with E-state index in [1.165, 1.54) is 18.5 Å². The van der Waals surface area contributed by atoms with Crippen LogP contribution in [0.3, 0.4) is 0 Å². The summed E-state index contributed by atoms with van der Waals surface area (Å²) in [5.74, 6) is 0.678. The van der Waals surface area contributed by atoms with E-state index in [-0.39, 0.29) is 0 Å². The lowest BCUT2D eigenvalue weighted by molar-refractivity contribution is -0.00561. The van der Waals surface area contributed by atoms with Crippen LogP contribution in [0.1, 0.15) is 52.1 Å². The number of pyridine rings is 1. The van der Waals surface area contributed by atoms with Crippen molar-refractivity contribution in [1.82, 2.24) is 24.1 Å². The summed E-state index contributed by atoms with van der Waals surface area (Å²) in [6.07, 6.45) is 11.0. The average Bonchev–Trinajstić information content (AvgIpc) is 3.23. The Morgan fingerprint density at radius 1 is 1.27 bits per heavy atom. The molecule has 1 aliphatic carbocycles. The van der Waals surface area contributed by atoms with Crippen LogP contribution in [0.25, 0.3) is 16.6 Å². The van der Waals surface area contributed by atoms with Crippen LogP contribution in [-0.4, -0.2) is 51.0 Å². The van der Waals surface area contributed by atoms with E-state index in [1.807, 2.05) is 42.2 Å². The maximum atomic E-state index is 6.49. The van der Waals surface area contributed by atoms with Crippen LogP contribution in [0.15, 0.2) is 60.6 Å². The number of aromatic nitrogens is 4. The number of nitrogens with one attached hydrogen (secondary N) is 1. The van der Waals surface area contributed by atoms with Crippen molar-refractivity contribution in [1.29, 1.82) is 0 Å². The van der Waals surface area contributed by atoms with Gasteiger partial charge in [-0.1, -0.05) is 32.3 Å². The Kier molecular flexibility index (Phi) is 6.54. The molecule has 4 heterocycles. The quantitative estimate of drug-likeness (QED) is 0.475. The molecule has 5 rings (SSSR count). The molecule has 1 aliphatic heterocycles. The standard InChI is InChI=1S/C29H38BN7/c1-7-31-25-9-8-21(17-35(25)6)23-12-15-37-26(23)24(16-28(4,5)30)33-27(34-37)32-22-10-13-29(14-11-22)18-36(19-29)20(2)3/h7-9,12,15,17,22H,1-2,10-11,13-14,16,18-19H2,3-6H3,(H,32,34). The second kappa shape index (κ2) is 9.55. The topological polar surface area (TPSA) is 62.8 Å². The highest BCUT2D eigenvalue weighted by atomic mass is 15.3. The number of nitrogens with zero attached hydrogens (tertiary/aromatic N) is 6. The predicted octanol–water partition coefficient (Wildman–Crippen LogP) is 4.88. The van der Waals surface area contributed by atoms with Gasteiger partial charge in [0.25, 0.3) is 0 Å². The van der Waals surface area contributed by atoms with Gasteiger partial charge in [0, 0.05) is 67.0 Å². The molecule has 7 nitrogen and oxygen atoms in total. The highest BCUT2D eigenvalue weighted by molar-refractivity contribution is 6.14. The summed E-state index contributed by atoms with van der Waals surface area (Å²) < 4.78 is 3.95. The van der Waals surface area contributed by atoms with Crippen molar-refractivity contribution in [2.24, 2.45) is 17.5 Å². The van der Waals surface area contributed by atoms with Crippen LogP contribution in [0, 0.1) is 5.41 Å². The van der Waals surface area contributed by atoms with Crippen LogP contribution in [-0.2, 0) is 13.5 Å². The van der Waals surface area contributed by atoms with Crippen molar-refractivity contribution in [3.63, 3.8) is 0 Å². The van der Waals surface area contributed by atoms with E-state index in [1.54, 1.807) is 6.20 Å². The van der Waals surface area contributed by atoms with E-state index in [2.05, 4.69) is 53.6 Å². The Hall–Kier alpha value is -3.29. The smallest absolute Gasteiger partial charge is 0.241 e. The first-order valence-corrected chi connectivity index (χ1v) is 13.2. The average molecular weight is 495 g/mol. The van der Waals surface area contributed by atoms with Crippen LogP contribution < -0.4 is 10.8 Å². The fraction of sp³-hybridized carbons (Fsp3) is 0.483. The maximum Gasteiger partial charge on any atom is 0.241 e. The van der Waals surface area contributed by atoms with E-state index in [0.29, 0.717) is 23.8 Å². The molecule has 0 amide bonds. The zero-order valence-electron chi connectivity index (χ0n) is 22.7. The van der Waals surface area contributed by atoms with E-state index < -0.39 is 5.31 Å². The summed E-state index contributed by atoms with van der Waals surface area (Å²) in [4.78, 5) is 11.8. The van der Waals surface area contributed by atoms with Gasteiger partial charge in [0.2, 0.25) is 5.95 Å². The minimum absolute atomic E-state index is 0.385. The first-order chi connectivity index (χ1) is 17.6. The Balaban J connectivity index is 1.42. The molecule has 2 radical (unpaired) electrons. The van der Waals surface area contributed by atoms with Gasteiger partial charge in [-0.05, 0) is 57.2 Å². The second-order valence-corrected chi connectivity index (χ2v) is 11.8. The van der Waals surface area contributed by atoms with Gasteiger partial charge in [0.05, 0.1) is 19.1 Å². The zero-order chi connectivity index (χ0) is 26.4. The van der Waals surface area contributed by atoms with Gasteiger partial charge in [-0.25, -0.2) is 14.5 Å². The number of anilines is 1. The number of hydrogen-bond donors (Lipinski definition) is 1. The molecule has 1 N–H and O–H groups in total. The molecular formula is C29H38BN7. The molecule has 3 aromatic heterocycles. The third kappa shape index (κ3) is 5.24. The normalized spacial score (nSPS) is 18.3. The van der Waals surface area contributed by atoms with Crippen molar-refractivity contribution in [2.45, 2.75) is 64.2 Å². The van der Waals surface area contributed by atoms with Gasteiger partial charge in [0.1, 0.15) is 5.49 Å². The van der Waals surface area contributed by atoms with Gasteiger partial charge >= 0.3 is 0 Å². The Labute approximate surface area is 221 Å². The number of aryl methyl sites for hydroxylation is 1. The summed E-state index contributed by atoms with van der Waals surface area (Å²) in [6.45, 7) is 16.3. The van der Waals surface area contributed by atoms with E-state index in [9.17, 15) is 0 Å². The number of likely N-dealkylation sites (tertiary alicyclic amines) is 1. The van der Waals surface area contributed by atoms with Crippen molar-refractivity contribution in [2.75, 3.05) is 18.4 Å². The van der Waals surface area contributed by atoms with Gasteiger partial charge < -0.3 is 14.8 Å². The van der Waals surface area contributed by atoms with Crippen molar-refractivity contribution >= 4 is 19.3 Å². The molecule has 192 valence electrons. The summed E-state index contributed by atoms with van der Waals surface area (Å²) in [5, 5.41) is 8.13.